The van der Waals surface area contributed by atoms with E-state index in [9.17, 15) is 0 Å². The minimum atomic E-state index is 0. The topological polar surface area (TPSA) is 71.4 Å². The predicted octanol–water partition coefficient (Wildman–Crippen LogP) is 3.15. The van der Waals surface area contributed by atoms with Crippen molar-refractivity contribution < 1.29 is 4.74 Å². The monoisotopic (exact) mass is 479 g/mol. The van der Waals surface area contributed by atoms with Gasteiger partial charge < -0.3 is 15.4 Å². The third-order valence-electron chi connectivity index (χ3n) is 5.23. The molecule has 1 aliphatic heterocycles. The number of nitrogens with one attached hydrogen (secondary N) is 2. The summed E-state index contributed by atoms with van der Waals surface area (Å²) in [4.78, 5) is 4.38. The maximum atomic E-state index is 5.98. The second-order valence-corrected chi connectivity index (χ2v) is 8.75. The van der Waals surface area contributed by atoms with Crippen LogP contribution in [0.1, 0.15) is 56.5 Å². The second-order valence-electron chi connectivity index (χ2n) is 7.66. The Bertz CT molecular complexity index is 604. The zero-order chi connectivity index (χ0) is 17.3. The van der Waals surface area contributed by atoms with E-state index in [0.29, 0.717) is 30.5 Å². The summed E-state index contributed by atoms with van der Waals surface area (Å²) in [6.45, 7) is 10.4. The molecule has 25 heavy (non-hydrogen) atoms. The molecule has 0 aromatic carbocycles. The van der Waals surface area contributed by atoms with Crippen molar-refractivity contribution in [2.45, 2.75) is 65.1 Å². The van der Waals surface area contributed by atoms with Crippen molar-refractivity contribution in [2.75, 3.05) is 13.7 Å². The van der Waals surface area contributed by atoms with Crippen LogP contribution in [0, 0.1) is 11.3 Å². The minimum absolute atomic E-state index is 0. The van der Waals surface area contributed by atoms with E-state index in [-0.39, 0.29) is 29.4 Å². The molecule has 2 fully saturated rings. The number of guanidine groups is 1. The largest absolute Gasteiger partial charge is 0.377 e. The Hall–Kier alpha value is -0.480. The third-order valence-corrected chi connectivity index (χ3v) is 6.45. The van der Waals surface area contributed by atoms with Gasteiger partial charge in [-0.2, -0.15) is 0 Å². The fourth-order valence-electron chi connectivity index (χ4n) is 3.89. The van der Waals surface area contributed by atoms with Gasteiger partial charge in [0.15, 0.2) is 5.96 Å². The molecule has 1 aromatic rings. The molecule has 0 spiro atoms. The first-order chi connectivity index (χ1) is 11.4. The van der Waals surface area contributed by atoms with Crippen LogP contribution in [0.3, 0.4) is 0 Å². The molecule has 1 saturated carbocycles. The molecule has 1 saturated heterocycles. The van der Waals surface area contributed by atoms with Crippen LogP contribution in [-0.4, -0.2) is 42.0 Å². The van der Waals surface area contributed by atoms with Crippen molar-refractivity contribution >= 4 is 41.3 Å². The van der Waals surface area contributed by atoms with Crippen molar-refractivity contribution in [3.63, 3.8) is 0 Å². The van der Waals surface area contributed by atoms with Crippen LogP contribution in [0.15, 0.2) is 4.99 Å². The Balaban J connectivity index is 0.00000225. The highest BCUT2D eigenvalue weighted by Gasteiger charge is 2.58. The highest BCUT2D eigenvalue weighted by atomic mass is 127. The van der Waals surface area contributed by atoms with Crippen molar-refractivity contribution in [3.05, 3.63) is 10.0 Å². The van der Waals surface area contributed by atoms with E-state index in [1.807, 2.05) is 7.05 Å². The minimum Gasteiger partial charge on any atom is -0.377 e. The maximum Gasteiger partial charge on any atom is 0.191 e. The number of hydrogen-bond acceptors (Lipinski definition) is 5. The van der Waals surface area contributed by atoms with Gasteiger partial charge in [0, 0.05) is 36.9 Å². The number of ether oxygens (including phenoxy) is 1. The lowest BCUT2D eigenvalue weighted by molar-refractivity contribution is -0.188. The van der Waals surface area contributed by atoms with Gasteiger partial charge in [-0.3, -0.25) is 4.99 Å². The fourth-order valence-corrected chi connectivity index (χ4v) is 4.67. The number of rotatable bonds is 4. The molecule has 2 aliphatic rings. The average Bonchev–Trinajstić information content (AvgIpc) is 3.04. The van der Waals surface area contributed by atoms with E-state index in [0.717, 1.165) is 29.0 Å². The van der Waals surface area contributed by atoms with Crippen LogP contribution in [0.2, 0.25) is 0 Å². The van der Waals surface area contributed by atoms with Crippen LogP contribution in [0.25, 0.3) is 0 Å². The van der Waals surface area contributed by atoms with Crippen LogP contribution in [-0.2, 0) is 11.3 Å². The molecule has 3 atom stereocenters. The van der Waals surface area contributed by atoms with E-state index in [1.165, 1.54) is 6.42 Å². The lowest BCUT2D eigenvalue weighted by Gasteiger charge is -2.60. The summed E-state index contributed by atoms with van der Waals surface area (Å²) in [5.74, 6) is 1.84. The Morgan fingerprint density at radius 2 is 2.16 bits per heavy atom. The van der Waals surface area contributed by atoms with E-state index < -0.39 is 0 Å². The van der Waals surface area contributed by atoms with Crippen LogP contribution >= 0.6 is 35.3 Å². The Morgan fingerprint density at radius 1 is 1.40 bits per heavy atom. The summed E-state index contributed by atoms with van der Waals surface area (Å²) < 4.78 is 5.98. The summed E-state index contributed by atoms with van der Waals surface area (Å²) in [6, 6.07) is 0.398. The van der Waals surface area contributed by atoms with Gasteiger partial charge in [0.2, 0.25) is 0 Å². The molecule has 2 heterocycles. The molecular weight excluding hydrogens is 449 g/mol. The molecule has 0 bridgehead atoms. The second kappa shape index (κ2) is 8.47. The van der Waals surface area contributed by atoms with Crippen molar-refractivity contribution in [1.29, 1.82) is 0 Å². The van der Waals surface area contributed by atoms with Crippen molar-refractivity contribution in [3.8, 4) is 0 Å². The van der Waals surface area contributed by atoms with Crippen molar-refractivity contribution in [2.24, 2.45) is 16.3 Å². The highest BCUT2D eigenvalue weighted by molar-refractivity contribution is 14.0. The number of fused-ring (bicyclic) bond motifs is 1. The van der Waals surface area contributed by atoms with E-state index >= 15 is 0 Å². The molecule has 0 radical (unpaired) electrons. The van der Waals surface area contributed by atoms with Gasteiger partial charge in [0.05, 0.1) is 12.6 Å². The van der Waals surface area contributed by atoms with Crippen LogP contribution in [0.5, 0.6) is 0 Å². The normalized spacial score (nSPS) is 27.9. The summed E-state index contributed by atoms with van der Waals surface area (Å²) in [5, 5.41) is 17.5. The molecule has 6 nitrogen and oxygen atoms in total. The summed E-state index contributed by atoms with van der Waals surface area (Å²) in [5.41, 5.74) is 0.135. The lowest BCUT2D eigenvalue weighted by atomic mass is 9.55. The first-order valence-electron chi connectivity index (χ1n) is 8.84. The molecule has 1 aromatic heterocycles. The first-order valence-corrected chi connectivity index (χ1v) is 9.66. The number of aromatic nitrogens is 2. The lowest BCUT2D eigenvalue weighted by Crippen LogP contribution is -2.70. The molecule has 0 amide bonds. The van der Waals surface area contributed by atoms with E-state index in [4.69, 9.17) is 4.74 Å². The molecule has 1 aliphatic carbocycles. The van der Waals surface area contributed by atoms with Crippen molar-refractivity contribution in [1.82, 2.24) is 20.8 Å². The average molecular weight is 479 g/mol. The molecule has 8 heteroatoms. The van der Waals surface area contributed by atoms with Gasteiger partial charge in [-0.15, -0.1) is 34.2 Å². The number of aliphatic imine (C=N–C) groups is 1. The predicted molar refractivity (Wildman–Crippen MR) is 113 cm³/mol. The SMILES string of the molecule is CN=C(NCc1nnc(C(C)C)s1)NC1C2CCCOC2C1(C)C.I. The summed E-state index contributed by atoms with van der Waals surface area (Å²) in [7, 11) is 1.81. The Labute approximate surface area is 171 Å². The quantitative estimate of drug-likeness (QED) is 0.395. The summed E-state index contributed by atoms with van der Waals surface area (Å²) in [6.07, 6.45) is 2.76. The molecule has 3 unspecified atom stereocenters. The molecule has 3 rings (SSSR count). The first kappa shape index (κ1) is 20.8. The van der Waals surface area contributed by atoms with Gasteiger partial charge in [-0.05, 0) is 12.8 Å². The van der Waals surface area contributed by atoms with Crippen LogP contribution in [0.4, 0.5) is 0 Å². The van der Waals surface area contributed by atoms with Crippen LogP contribution < -0.4 is 10.6 Å². The molecule has 142 valence electrons. The number of halogens is 1. The van der Waals surface area contributed by atoms with Gasteiger partial charge in [0.1, 0.15) is 10.0 Å². The Kier molecular flexibility index (Phi) is 7.06. The standard InChI is InChI=1S/C17H29N5OS.HI/c1-10(2)15-22-21-12(24-15)9-19-16(18-5)20-13-11-7-6-8-23-14(11)17(13,3)4;/h10-11,13-14H,6-9H2,1-5H3,(H2,18,19,20);1H. The smallest absolute Gasteiger partial charge is 0.191 e. The van der Waals surface area contributed by atoms with Gasteiger partial charge in [-0.25, -0.2) is 0 Å². The van der Waals surface area contributed by atoms with Gasteiger partial charge >= 0.3 is 0 Å². The fraction of sp³-hybridized carbons (Fsp3) is 0.824. The maximum absolute atomic E-state index is 5.98. The van der Waals surface area contributed by atoms with E-state index in [1.54, 1.807) is 11.3 Å². The number of nitrogens with zero attached hydrogens (tertiary/aromatic N) is 3. The van der Waals surface area contributed by atoms with E-state index in [2.05, 4.69) is 53.5 Å². The molecular formula is C17H30IN5OS. The van der Waals surface area contributed by atoms with Gasteiger partial charge in [-0.1, -0.05) is 39.0 Å². The summed E-state index contributed by atoms with van der Waals surface area (Å²) >= 11 is 1.66. The third kappa shape index (κ3) is 4.27. The number of hydrogen-bond donors (Lipinski definition) is 2. The van der Waals surface area contributed by atoms with Gasteiger partial charge in [0.25, 0.3) is 0 Å². The zero-order valence-electron chi connectivity index (χ0n) is 15.7. The zero-order valence-corrected chi connectivity index (χ0v) is 18.9. The molecule has 2 N–H and O–H groups in total. The Morgan fingerprint density at radius 3 is 2.80 bits per heavy atom. The highest BCUT2D eigenvalue weighted by Crippen LogP contribution is 2.51.